The summed E-state index contributed by atoms with van der Waals surface area (Å²) >= 11 is 0. The second kappa shape index (κ2) is 3.97. The number of aliphatic hydroxyl groups is 1. The van der Waals surface area contributed by atoms with Crippen molar-refractivity contribution < 1.29 is 5.11 Å². The number of nitrogens with zero attached hydrogens (tertiary/aromatic N) is 1. The van der Waals surface area contributed by atoms with E-state index in [2.05, 4.69) is 25.7 Å². The Balaban J connectivity index is 2.54. The Morgan fingerprint density at radius 1 is 1.46 bits per heavy atom. The fraction of sp³-hybridized carbons (Fsp3) is 1.00. The van der Waals surface area contributed by atoms with Crippen molar-refractivity contribution in [2.75, 3.05) is 13.1 Å². The molecule has 0 aromatic heterocycles. The fourth-order valence-corrected chi connectivity index (χ4v) is 2.36. The Labute approximate surface area is 81.9 Å². The Hall–Kier alpha value is -0.0800. The molecule has 1 saturated heterocycles. The summed E-state index contributed by atoms with van der Waals surface area (Å²) in [6, 6.07) is 0.655. The zero-order valence-electron chi connectivity index (χ0n) is 9.38. The maximum absolute atomic E-state index is 9.35. The molecule has 2 unspecified atom stereocenters. The summed E-state index contributed by atoms with van der Waals surface area (Å²) in [7, 11) is 0. The molecular formula is C11H23NO. The van der Waals surface area contributed by atoms with Gasteiger partial charge in [0.05, 0.1) is 6.10 Å². The van der Waals surface area contributed by atoms with E-state index in [4.69, 9.17) is 0 Å². The third-order valence-corrected chi connectivity index (χ3v) is 2.86. The summed E-state index contributed by atoms with van der Waals surface area (Å²) in [5.74, 6) is 0. The number of β-amino-alcohol motifs (C(OH)–C–C–N with tert-alkyl or cyclic N) is 1. The van der Waals surface area contributed by atoms with E-state index in [0.29, 0.717) is 11.5 Å². The zero-order chi connectivity index (χ0) is 10.1. The van der Waals surface area contributed by atoms with Crippen LogP contribution in [0.2, 0.25) is 0 Å². The average Bonchev–Trinajstić information content (AvgIpc) is 2.31. The predicted octanol–water partition coefficient (Wildman–Crippen LogP) is 1.88. The summed E-state index contributed by atoms with van der Waals surface area (Å²) in [5.41, 5.74) is 0.353. The van der Waals surface area contributed by atoms with Crippen LogP contribution in [0.1, 0.15) is 40.5 Å². The molecule has 78 valence electrons. The summed E-state index contributed by atoms with van der Waals surface area (Å²) in [5, 5.41) is 9.35. The van der Waals surface area contributed by atoms with E-state index >= 15 is 0 Å². The molecule has 0 bridgehead atoms. The van der Waals surface area contributed by atoms with Crippen LogP contribution in [-0.4, -0.2) is 35.2 Å². The molecule has 2 nitrogen and oxygen atoms in total. The third-order valence-electron chi connectivity index (χ3n) is 2.86. The van der Waals surface area contributed by atoms with Crippen molar-refractivity contribution in [1.29, 1.82) is 0 Å². The Morgan fingerprint density at radius 3 is 2.54 bits per heavy atom. The second-order valence-electron chi connectivity index (χ2n) is 5.37. The lowest BCUT2D eigenvalue weighted by atomic mass is 9.85. The smallest absolute Gasteiger partial charge is 0.0639 e. The van der Waals surface area contributed by atoms with Gasteiger partial charge < -0.3 is 5.11 Å². The maximum atomic E-state index is 9.35. The zero-order valence-corrected chi connectivity index (χ0v) is 9.38. The Morgan fingerprint density at radius 2 is 2.08 bits per heavy atom. The van der Waals surface area contributed by atoms with Gasteiger partial charge in [0.25, 0.3) is 0 Å². The fourth-order valence-electron chi connectivity index (χ4n) is 2.36. The summed E-state index contributed by atoms with van der Waals surface area (Å²) in [4.78, 5) is 2.44. The van der Waals surface area contributed by atoms with E-state index in [9.17, 15) is 5.11 Å². The van der Waals surface area contributed by atoms with Crippen molar-refractivity contribution in [3.63, 3.8) is 0 Å². The van der Waals surface area contributed by atoms with Gasteiger partial charge in [-0.1, -0.05) is 20.8 Å². The normalized spacial score (nSPS) is 27.9. The lowest BCUT2D eigenvalue weighted by molar-refractivity contribution is 0.0797. The van der Waals surface area contributed by atoms with Crippen LogP contribution in [0.3, 0.4) is 0 Å². The largest absolute Gasteiger partial charge is 0.392 e. The van der Waals surface area contributed by atoms with Crippen LogP contribution in [0.15, 0.2) is 0 Å². The standard InChI is InChI=1S/C11H23NO/c1-9(13)8-12-7-5-6-10(12)11(2,3)4/h9-10,13H,5-8H2,1-4H3. The molecule has 0 aromatic rings. The Kier molecular flexibility index (Phi) is 3.36. The summed E-state index contributed by atoms with van der Waals surface area (Å²) < 4.78 is 0. The molecule has 13 heavy (non-hydrogen) atoms. The van der Waals surface area contributed by atoms with E-state index in [1.165, 1.54) is 12.8 Å². The van der Waals surface area contributed by atoms with Crippen LogP contribution in [0.4, 0.5) is 0 Å². The quantitative estimate of drug-likeness (QED) is 0.710. The van der Waals surface area contributed by atoms with Crippen molar-refractivity contribution in [3.8, 4) is 0 Å². The highest BCUT2D eigenvalue weighted by molar-refractivity contribution is 4.88. The average molecular weight is 185 g/mol. The topological polar surface area (TPSA) is 23.5 Å². The highest BCUT2D eigenvalue weighted by Crippen LogP contribution is 2.32. The highest BCUT2D eigenvalue weighted by Gasteiger charge is 2.34. The summed E-state index contributed by atoms with van der Waals surface area (Å²) in [6.45, 7) is 10.7. The van der Waals surface area contributed by atoms with Gasteiger partial charge in [0.2, 0.25) is 0 Å². The van der Waals surface area contributed by atoms with E-state index in [0.717, 1.165) is 13.1 Å². The first kappa shape index (κ1) is 11.0. The van der Waals surface area contributed by atoms with E-state index in [1.54, 1.807) is 0 Å². The Bertz CT molecular complexity index is 160. The number of hydrogen-bond acceptors (Lipinski definition) is 2. The molecule has 0 aromatic carbocycles. The molecule has 0 aliphatic carbocycles. The van der Waals surface area contributed by atoms with Gasteiger partial charge >= 0.3 is 0 Å². The molecule has 0 amide bonds. The molecule has 1 rings (SSSR count). The molecule has 1 N–H and O–H groups in total. The number of likely N-dealkylation sites (tertiary alicyclic amines) is 1. The molecule has 1 aliphatic heterocycles. The van der Waals surface area contributed by atoms with Gasteiger partial charge in [0.15, 0.2) is 0 Å². The van der Waals surface area contributed by atoms with Gasteiger partial charge in [-0.05, 0) is 31.7 Å². The number of rotatable bonds is 2. The second-order valence-corrected chi connectivity index (χ2v) is 5.37. The summed E-state index contributed by atoms with van der Waals surface area (Å²) in [6.07, 6.45) is 2.38. The molecule has 2 atom stereocenters. The third kappa shape index (κ3) is 2.96. The lowest BCUT2D eigenvalue weighted by Crippen LogP contribution is -2.42. The van der Waals surface area contributed by atoms with E-state index < -0.39 is 0 Å². The van der Waals surface area contributed by atoms with Crippen LogP contribution < -0.4 is 0 Å². The highest BCUT2D eigenvalue weighted by atomic mass is 16.3. The van der Waals surface area contributed by atoms with Crippen LogP contribution in [-0.2, 0) is 0 Å². The van der Waals surface area contributed by atoms with Crippen LogP contribution in [0, 0.1) is 5.41 Å². The van der Waals surface area contributed by atoms with Crippen LogP contribution in [0.5, 0.6) is 0 Å². The molecule has 1 aliphatic rings. The van der Waals surface area contributed by atoms with Gasteiger partial charge in [-0.3, -0.25) is 4.90 Å². The predicted molar refractivity (Wildman–Crippen MR) is 55.7 cm³/mol. The van der Waals surface area contributed by atoms with Gasteiger partial charge in [0.1, 0.15) is 0 Å². The van der Waals surface area contributed by atoms with Gasteiger partial charge in [-0.25, -0.2) is 0 Å². The SMILES string of the molecule is CC(O)CN1CCCC1C(C)(C)C. The number of aliphatic hydroxyl groups excluding tert-OH is 1. The minimum absolute atomic E-state index is 0.192. The molecule has 0 radical (unpaired) electrons. The first-order valence-electron chi connectivity index (χ1n) is 5.33. The van der Waals surface area contributed by atoms with E-state index in [-0.39, 0.29) is 6.10 Å². The minimum Gasteiger partial charge on any atom is -0.392 e. The molecule has 1 fully saturated rings. The van der Waals surface area contributed by atoms with Crippen molar-refractivity contribution in [2.24, 2.45) is 5.41 Å². The van der Waals surface area contributed by atoms with Crippen molar-refractivity contribution in [3.05, 3.63) is 0 Å². The first-order chi connectivity index (χ1) is 5.91. The molecule has 0 saturated carbocycles. The van der Waals surface area contributed by atoms with Crippen LogP contribution >= 0.6 is 0 Å². The molecule has 0 spiro atoms. The first-order valence-corrected chi connectivity index (χ1v) is 5.33. The van der Waals surface area contributed by atoms with Gasteiger partial charge in [-0.2, -0.15) is 0 Å². The minimum atomic E-state index is -0.192. The van der Waals surface area contributed by atoms with E-state index in [1.807, 2.05) is 6.92 Å². The van der Waals surface area contributed by atoms with Gasteiger partial charge in [0, 0.05) is 12.6 Å². The van der Waals surface area contributed by atoms with Gasteiger partial charge in [-0.15, -0.1) is 0 Å². The molecule has 1 heterocycles. The molecule has 2 heteroatoms. The number of hydrogen-bond donors (Lipinski definition) is 1. The van der Waals surface area contributed by atoms with Crippen molar-refractivity contribution >= 4 is 0 Å². The molecular weight excluding hydrogens is 162 g/mol. The monoisotopic (exact) mass is 185 g/mol. The van der Waals surface area contributed by atoms with Crippen molar-refractivity contribution in [2.45, 2.75) is 52.7 Å². The lowest BCUT2D eigenvalue weighted by Gasteiger charge is -2.35. The van der Waals surface area contributed by atoms with Crippen molar-refractivity contribution in [1.82, 2.24) is 4.90 Å². The van der Waals surface area contributed by atoms with Crippen LogP contribution in [0.25, 0.3) is 0 Å². The maximum Gasteiger partial charge on any atom is 0.0639 e.